The van der Waals surface area contributed by atoms with Gasteiger partial charge in [0.25, 0.3) is 0 Å². The van der Waals surface area contributed by atoms with Gasteiger partial charge in [0.2, 0.25) is 5.95 Å². The summed E-state index contributed by atoms with van der Waals surface area (Å²) in [6, 6.07) is 17.8. The molecule has 0 saturated carbocycles. The van der Waals surface area contributed by atoms with Crippen molar-refractivity contribution in [3.05, 3.63) is 71.7 Å². The van der Waals surface area contributed by atoms with Crippen molar-refractivity contribution >= 4 is 5.95 Å². The monoisotopic (exact) mass is 479 g/mol. The van der Waals surface area contributed by atoms with Crippen molar-refractivity contribution in [1.82, 2.24) is 34.8 Å². The average molecular weight is 480 g/mol. The van der Waals surface area contributed by atoms with Crippen LogP contribution in [-0.2, 0) is 6.54 Å². The van der Waals surface area contributed by atoms with E-state index in [4.69, 9.17) is 10.7 Å². The molecule has 0 radical (unpaired) electrons. The molecule has 1 fully saturated rings. The summed E-state index contributed by atoms with van der Waals surface area (Å²) in [5, 5.41) is 17.8. The molecule has 5 rings (SSSR count). The molecule has 1 saturated heterocycles. The standard InChI is InChI=1S/C27H29N9/c1-2-26(35-12-4-3-5-13-35)22-11-7-10-21(30-22)17-36-18-25(33-34-36)24-15-23(31-27(29)32-24)20-9-6-8-19(14-20)16-28/h6-11,14-15,18,26H,2-5,12-13,17H2,1H3,(H2,29,31,32)/t26-/m0/s1. The fourth-order valence-corrected chi connectivity index (χ4v) is 4.81. The highest BCUT2D eigenvalue weighted by molar-refractivity contribution is 5.68. The maximum absolute atomic E-state index is 9.21. The predicted molar refractivity (Wildman–Crippen MR) is 137 cm³/mol. The summed E-state index contributed by atoms with van der Waals surface area (Å²) < 4.78 is 1.76. The summed E-state index contributed by atoms with van der Waals surface area (Å²) in [5.41, 5.74) is 11.2. The lowest BCUT2D eigenvalue weighted by Gasteiger charge is -2.33. The van der Waals surface area contributed by atoms with Crippen molar-refractivity contribution < 1.29 is 0 Å². The van der Waals surface area contributed by atoms with Crippen molar-refractivity contribution in [3.8, 4) is 28.7 Å². The topological polar surface area (TPSA) is 122 Å². The molecule has 0 spiro atoms. The molecule has 1 aliphatic rings. The van der Waals surface area contributed by atoms with E-state index < -0.39 is 0 Å². The fraction of sp³-hybridized carbons (Fsp3) is 0.333. The van der Waals surface area contributed by atoms with E-state index in [1.165, 1.54) is 19.3 Å². The second kappa shape index (κ2) is 10.6. The smallest absolute Gasteiger partial charge is 0.221 e. The number of benzene rings is 1. The zero-order valence-corrected chi connectivity index (χ0v) is 20.4. The molecule has 0 amide bonds. The molecule has 36 heavy (non-hydrogen) atoms. The van der Waals surface area contributed by atoms with Crippen LogP contribution in [0.4, 0.5) is 5.95 Å². The highest BCUT2D eigenvalue weighted by atomic mass is 15.4. The second-order valence-electron chi connectivity index (χ2n) is 9.07. The minimum absolute atomic E-state index is 0.136. The van der Waals surface area contributed by atoms with E-state index in [1.807, 2.05) is 30.5 Å². The predicted octanol–water partition coefficient (Wildman–Crippen LogP) is 4.24. The third-order valence-corrected chi connectivity index (χ3v) is 6.54. The number of rotatable bonds is 7. The van der Waals surface area contributed by atoms with E-state index in [-0.39, 0.29) is 5.95 Å². The number of nitrogen functional groups attached to an aromatic ring is 1. The van der Waals surface area contributed by atoms with Crippen LogP contribution in [0.2, 0.25) is 0 Å². The highest BCUT2D eigenvalue weighted by Gasteiger charge is 2.22. The van der Waals surface area contributed by atoms with Gasteiger partial charge in [-0.15, -0.1) is 5.10 Å². The van der Waals surface area contributed by atoms with Crippen LogP contribution in [0.3, 0.4) is 0 Å². The normalized spacial score (nSPS) is 14.9. The minimum Gasteiger partial charge on any atom is -0.368 e. The first-order chi connectivity index (χ1) is 17.6. The van der Waals surface area contributed by atoms with Gasteiger partial charge in [0.1, 0.15) is 5.69 Å². The Morgan fingerprint density at radius 2 is 1.78 bits per heavy atom. The molecule has 9 nitrogen and oxygen atoms in total. The van der Waals surface area contributed by atoms with Gasteiger partial charge in [-0.25, -0.2) is 14.6 Å². The Morgan fingerprint density at radius 1 is 0.972 bits per heavy atom. The summed E-state index contributed by atoms with van der Waals surface area (Å²) in [7, 11) is 0. The number of nitriles is 1. The molecule has 2 N–H and O–H groups in total. The quantitative estimate of drug-likeness (QED) is 0.418. The average Bonchev–Trinajstić information content (AvgIpc) is 3.38. The van der Waals surface area contributed by atoms with Crippen LogP contribution >= 0.6 is 0 Å². The molecular weight excluding hydrogens is 450 g/mol. The van der Waals surface area contributed by atoms with Crippen molar-refractivity contribution in [2.24, 2.45) is 0 Å². The van der Waals surface area contributed by atoms with Crippen LogP contribution in [0.15, 0.2) is 54.7 Å². The Hall–Kier alpha value is -4.16. The lowest BCUT2D eigenvalue weighted by Crippen LogP contribution is -2.34. The molecule has 1 aliphatic heterocycles. The highest BCUT2D eigenvalue weighted by Crippen LogP contribution is 2.27. The zero-order chi connectivity index (χ0) is 24.9. The summed E-state index contributed by atoms with van der Waals surface area (Å²) in [6.45, 7) is 5.02. The summed E-state index contributed by atoms with van der Waals surface area (Å²) >= 11 is 0. The molecule has 1 atom stereocenters. The summed E-state index contributed by atoms with van der Waals surface area (Å²) in [4.78, 5) is 16.2. The molecule has 182 valence electrons. The molecule has 3 aromatic heterocycles. The van der Waals surface area contributed by atoms with Crippen molar-refractivity contribution in [1.29, 1.82) is 5.26 Å². The van der Waals surface area contributed by atoms with Crippen molar-refractivity contribution in [2.75, 3.05) is 18.8 Å². The van der Waals surface area contributed by atoms with Crippen LogP contribution in [0.1, 0.15) is 55.6 Å². The third kappa shape index (κ3) is 5.24. The van der Waals surface area contributed by atoms with E-state index in [2.05, 4.69) is 50.3 Å². The van der Waals surface area contributed by atoms with Gasteiger partial charge >= 0.3 is 0 Å². The fourth-order valence-electron chi connectivity index (χ4n) is 4.81. The van der Waals surface area contributed by atoms with Gasteiger partial charge in [-0.05, 0) is 62.7 Å². The third-order valence-electron chi connectivity index (χ3n) is 6.54. The van der Waals surface area contributed by atoms with Gasteiger partial charge < -0.3 is 5.73 Å². The first-order valence-corrected chi connectivity index (χ1v) is 12.4. The van der Waals surface area contributed by atoms with E-state index in [0.717, 1.165) is 36.5 Å². The molecule has 4 heterocycles. The molecule has 0 aliphatic carbocycles. The van der Waals surface area contributed by atoms with Crippen LogP contribution in [0.25, 0.3) is 22.6 Å². The minimum atomic E-state index is 0.136. The molecule has 9 heteroatoms. The van der Waals surface area contributed by atoms with E-state index >= 15 is 0 Å². The molecule has 1 aromatic carbocycles. The van der Waals surface area contributed by atoms with Gasteiger partial charge in [-0.1, -0.05) is 36.8 Å². The molecule has 0 bridgehead atoms. The second-order valence-corrected chi connectivity index (χ2v) is 9.07. The molecular formula is C27H29N9. The van der Waals surface area contributed by atoms with Crippen LogP contribution in [-0.4, -0.2) is 47.9 Å². The Labute approximate surface area is 210 Å². The van der Waals surface area contributed by atoms with Gasteiger partial charge in [0.05, 0.1) is 53.2 Å². The number of nitrogens with zero attached hydrogens (tertiary/aromatic N) is 8. The van der Waals surface area contributed by atoms with E-state index in [9.17, 15) is 5.26 Å². The Morgan fingerprint density at radius 3 is 2.58 bits per heavy atom. The van der Waals surface area contributed by atoms with Crippen LogP contribution in [0.5, 0.6) is 0 Å². The first-order valence-electron chi connectivity index (χ1n) is 12.4. The van der Waals surface area contributed by atoms with Crippen molar-refractivity contribution in [2.45, 2.75) is 45.2 Å². The van der Waals surface area contributed by atoms with Gasteiger partial charge in [0.15, 0.2) is 0 Å². The number of likely N-dealkylation sites (tertiary alicyclic amines) is 1. The number of pyridine rings is 1. The van der Waals surface area contributed by atoms with E-state index in [0.29, 0.717) is 35.2 Å². The lowest BCUT2D eigenvalue weighted by atomic mass is 10.0. The number of aromatic nitrogens is 6. The maximum Gasteiger partial charge on any atom is 0.221 e. The number of anilines is 1. The Bertz CT molecular complexity index is 1380. The number of piperidine rings is 1. The largest absolute Gasteiger partial charge is 0.368 e. The number of hydrogen-bond acceptors (Lipinski definition) is 8. The zero-order valence-electron chi connectivity index (χ0n) is 20.4. The summed E-state index contributed by atoms with van der Waals surface area (Å²) in [6.07, 6.45) is 6.72. The Balaban J connectivity index is 1.36. The van der Waals surface area contributed by atoms with Gasteiger partial charge in [0, 0.05) is 5.56 Å². The van der Waals surface area contributed by atoms with Gasteiger partial charge in [-0.2, -0.15) is 5.26 Å². The number of nitrogens with two attached hydrogens (primary N) is 1. The van der Waals surface area contributed by atoms with Crippen LogP contribution in [0, 0.1) is 11.3 Å². The van der Waals surface area contributed by atoms with E-state index in [1.54, 1.807) is 16.8 Å². The van der Waals surface area contributed by atoms with Gasteiger partial charge in [-0.3, -0.25) is 9.88 Å². The SMILES string of the molecule is CC[C@@H](c1cccc(Cn2cc(-c3cc(-c4cccc(C#N)c4)nc(N)n3)nn2)n1)N1CCCCC1. The molecule has 0 unspecified atom stereocenters. The number of hydrogen-bond donors (Lipinski definition) is 1. The first kappa shape index (κ1) is 23.6. The molecule has 4 aromatic rings. The maximum atomic E-state index is 9.21. The van der Waals surface area contributed by atoms with Crippen LogP contribution < -0.4 is 5.73 Å². The lowest BCUT2D eigenvalue weighted by molar-refractivity contribution is 0.156. The summed E-state index contributed by atoms with van der Waals surface area (Å²) in [5.74, 6) is 0.136. The Kier molecular flexibility index (Phi) is 6.96. The van der Waals surface area contributed by atoms with Crippen molar-refractivity contribution in [3.63, 3.8) is 0 Å².